The van der Waals surface area contributed by atoms with Crippen molar-refractivity contribution in [3.8, 4) is 0 Å². The van der Waals surface area contributed by atoms with Gasteiger partial charge in [0.2, 0.25) is 11.0 Å². The maximum absolute atomic E-state index is 12.6. The molecule has 0 bridgehead atoms. The van der Waals surface area contributed by atoms with E-state index < -0.39 is 8.32 Å². The van der Waals surface area contributed by atoms with E-state index in [2.05, 4.69) is 39.2 Å². The van der Waals surface area contributed by atoms with Gasteiger partial charge in [0, 0.05) is 18.2 Å². The van der Waals surface area contributed by atoms with E-state index in [1.807, 2.05) is 6.92 Å². The van der Waals surface area contributed by atoms with E-state index in [-0.39, 0.29) is 33.6 Å². The van der Waals surface area contributed by atoms with Gasteiger partial charge in [-0.15, -0.1) is 0 Å². The van der Waals surface area contributed by atoms with E-state index >= 15 is 0 Å². The van der Waals surface area contributed by atoms with Gasteiger partial charge < -0.3 is 14.6 Å². The maximum Gasteiger partial charge on any atom is 0.251 e. The molecule has 2 amide bonds. The van der Waals surface area contributed by atoms with Crippen LogP contribution in [-0.4, -0.2) is 48.8 Å². The first-order valence-electron chi connectivity index (χ1n) is 9.39. The first-order valence-corrected chi connectivity index (χ1v) is 13.2. The zero-order valence-corrected chi connectivity index (χ0v) is 19.5. The normalized spacial score (nSPS) is 18.5. The molecule has 1 saturated heterocycles. The Balaban J connectivity index is 2.03. The summed E-state index contributed by atoms with van der Waals surface area (Å²) in [7, 11) is -0.461. The average Bonchev–Trinajstić information content (AvgIpc) is 2.58. The molecule has 1 heterocycles. The van der Waals surface area contributed by atoms with E-state index in [1.54, 1.807) is 36.2 Å². The molecule has 28 heavy (non-hydrogen) atoms. The molecule has 1 fully saturated rings. The van der Waals surface area contributed by atoms with E-state index in [9.17, 15) is 14.4 Å². The Morgan fingerprint density at radius 2 is 1.75 bits per heavy atom. The summed E-state index contributed by atoms with van der Waals surface area (Å²) in [4.78, 5) is 38.1. The van der Waals surface area contributed by atoms with Gasteiger partial charge >= 0.3 is 0 Å². The van der Waals surface area contributed by atoms with Gasteiger partial charge in [0.05, 0.1) is 11.8 Å². The van der Waals surface area contributed by atoms with Crippen LogP contribution in [0.25, 0.3) is 0 Å². The van der Waals surface area contributed by atoms with Crippen LogP contribution in [0.1, 0.15) is 54.8 Å². The Hall–Kier alpha value is -1.64. The quantitative estimate of drug-likeness (QED) is 0.557. The second kappa shape index (κ2) is 8.38. The highest BCUT2D eigenvalue weighted by Gasteiger charge is 2.45. The first-order chi connectivity index (χ1) is 12.9. The molecule has 0 aliphatic carbocycles. The average molecular weight is 423 g/mol. The van der Waals surface area contributed by atoms with Crippen LogP contribution in [0.4, 0.5) is 0 Å². The van der Waals surface area contributed by atoms with Crippen molar-refractivity contribution >= 4 is 37.0 Å². The first kappa shape index (κ1) is 22.6. The second-order valence-corrected chi connectivity index (χ2v) is 14.4. The number of carbonyl (C=O) groups excluding carboxylic acids is 3. The molecule has 1 N–H and O–H groups in total. The van der Waals surface area contributed by atoms with Crippen LogP contribution in [0.5, 0.6) is 0 Å². The fraction of sp³-hybridized carbons (Fsp3) is 0.550. The summed E-state index contributed by atoms with van der Waals surface area (Å²) in [5, 5.41) is 2.25. The zero-order valence-electron chi connectivity index (χ0n) is 17.7. The maximum atomic E-state index is 12.6. The SMILES string of the molecule is CNC(=O)c1ccc(C(=O)SC2CC(=O)N2C(C)O[Si](C)(C)C(C)(C)C)cc1. The number of likely N-dealkylation sites (tertiary alicyclic amines) is 1. The van der Waals surface area contributed by atoms with Crippen LogP contribution in [0, 0.1) is 0 Å². The van der Waals surface area contributed by atoms with Gasteiger partial charge in [0.1, 0.15) is 6.23 Å². The molecule has 1 aromatic rings. The number of β-lactam (4-membered cyclic amide) rings is 1. The number of thioether (sulfide) groups is 1. The van der Waals surface area contributed by atoms with Gasteiger partial charge in [-0.2, -0.15) is 0 Å². The Kier molecular flexibility index (Phi) is 6.78. The van der Waals surface area contributed by atoms with Crippen molar-refractivity contribution in [2.45, 2.75) is 63.8 Å². The van der Waals surface area contributed by atoms with Gasteiger partial charge in [-0.25, -0.2) is 0 Å². The van der Waals surface area contributed by atoms with Crippen LogP contribution in [0.2, 0.25) is 18.1 Å². The molecule has 1 aromatic carbocycles. The number of hydrogen-bond donors (Lipinski definition) is 1. The number of nitrogens with one attached hydrogen (secondary N) is 1. The monoisotopic (exact) mass is 422 g/mol. The van der Waals surface area contributed by atoms with Gasteiger partial charge in [0.15, 0.2) is 8.32 Å². The number of carbonyl (C=O) groups is 3. The molecule has 2 unspecified atom stereocenters. The Labute approximate surface area is 172 Å². The van der Waals surface area contributed by atoms with Gasteiger partial charge in [-0.05, 0) is 49.3 Å². The van der Waals surface area contributed by atoms with Gasteiger partial charge in [-0.1, -0.05) is 32.5 Å². The highest BCUT2D eigenvalue weighted by molar-refractivity contribution is 8.14. The molecule has 8 heteroatoms. The number of rotatable bonds is 6. The molecule has 0 saturated carbocycles. The van der Waals surface area contributed by atoms with Gasteiger partial charge in [0.25, 0.3) is 5.91 Å². The molecule has 1 aliphatic rings. The predicted molar refractivity (Wildman–Crippen MR) is 115 cm³/mol. The van der Waals surface area contributed by atoms with Crippen LogP contribution >= 0.6 is 11.8 Å². The summed E-state index contributed by atoms with van der Waals surface area (Å²) in [5.74, 6) is -0.189. The lowest BCUT2D eigenvalue weighted by atomic mass is 10.1. The summed E-state index contributed by atoms with van der Waals surface area (Å²) in [6, 6.07) is 6.53. The Morgan fingerprint density at radius 3 is 2.21 bits per heavy atom. The van der Waals surface area contributed by atoms with E-state index in [4.69, 9.17) is 4.43 Å². The smallest absolute Gasteiger partial charge is 0.251 e. The molecule has 0 radical (unpaired) electrons. The molecule has 6 nitrogen and oxygen atoms in total. The third kappa shape index (κ3) is 4.85. The third-order valence-corrected chi connectivity index (χ3v) is 11.1. The van der Waals surface area contributed by atoms with Crippen molar-refractivity contribution in [1.82, 2.24) is 10.2 Å². The fourth-order valence-corrected chi connectivity index (χ4v) is 5.16. The summed E-state index contributed by atoms with van der Waals surface area (Å²) >= 11 is 1.13. The largest absolute Gasteiger partial charge is 0.397 e. The molecule has 1 aliphatic heterocycles. The van der Waals surface area contributed by atoms with E-state index in [0.29, 0.717) is 17.5 Å². The molecular weight excluding hydrogens is 392 g/mol. The third-order valence-electron chi connectivity index (χ3n) is 5.46. The van der Waals surface area contributed by atoms with Crippen molar-refractivity contribution in [2.75, 3.05) is 7.05 Å². The van der Waals surface area contributed by atoms with Crippen molar-refractivity contribution in [3.63, 3.8) is 0 Å². The minimum absolute atomic E-state index is 0.00599. The van der Waals surface area contributed by atoms with Crippen molar-refractivity contribution in [3.05, 3.63) is 35.4 Å². The lowest BCUT2D eigenvalue weighted by Gasteiger charge is -2.47. The number of hydrogen-bond acceptors (Lipinski definition) is 5. The predicted octanol–water partition coefficient (Wildman–Crippen LogP) is 3.85. The molecule has 154 valence electrons. The van der Waals surface area contributed by atoms with Crippen LogP contribution in [0.3, 0.4) is 0 Å². The Bertz CT molecular complexity index is 758. The summed E-state index contributed by atoms with van der Waals surface area (Å²) in [6.07, 6.45) is -0.0270. The molecule has 0 spiro atoms. The highest BCUT2D eigenvalue weighted by atomic mass is 32.2. The molecule has 2 atom stereocenters. The van der Waals surface area contributed by atoms with Gasteiger partial charge in [-0.3, -0.25) is 14.4 Å². The second-order valence-electron chi connectivity index (χ2n) is 8.50. The number of amides is 2. The number of nitrogens with zero attached hydrogens (tertiary/aromatic N) is 1. The fourth-order valence-electron chi connectivity index (χ4n) is 2.69. The molecule has 2 rings (SSSR count). The molecule has 0 aromatic heterocycles. The van der Waals surface area contributed by atoms with Crippen LogP contribution < -0.4 is 5.32 Å². The summed E-state index contributed by atoms with van der Waals surface area (Å²) < 4.78 is 6.32. The summed E-state index contributed by atoms with van der Waals surface area (Å²) in [5.41, 5.74) is 1.01. The van der Waals surface area contributed by atoms with Crippen LogP contribution in [-0.2, 0) is 9.22 Å². The molecular formula is C20H30N2O4SSi. The van der Waals surface area contributed by atoms with Crippen molar-refractivity contribution < 1.29 is 18.8 Å². The standard InChI is InChI=1S/C20H30N2O4SSi/c1-13(26-28(6,7)20(2,3)4)22-16(23)12-17(22)27-19(25)15-10-8-14(9-11-15)18(24)21-5/h8-11,13,17H,12H2,1-7H3,(H,21,24). The minimum Gasteiger partial charge on any atom is -0.397 e. The van der Waals surface area contributed by atoms with Crippen LogP contribution in [0.15, 0.2) is 24.3 Å². The topological polar surface area (TPSA) is 75.7 Å². The lowest BCUT2D eigenvalue weighted by Crippen LogP contribution is -2.59. The highest BCUT2D eigenvalue weighted by Crippen LogP contribution is 2.40. The van der Waals surface area contributed by atoms with Crippen molar-refractivity contribution in [2.24, 2.45) is 0 Å². The Morgan fingerprint density at radius 1 is 1.21 bits per heavy atom. The van der Waals surface area contributed by atoms with Crippen molar-refractivity contribution in [1.29, 1.82) is 0 Å². The van der Waals surface area contributed by atoms with E-state index in [1.165, 1.54) is 0 Å². The zero-order chi connectivity index (χ0) is 21.3. The number of benzene rings is 1. The summed E-state index contributed by atoms with van der Waals surface area (Å²) in [6.45, 7) is 12.6. The minimum atomic E-state index is -2.02. The lowest BCUT2D eigenvalue weighted by molar-refractivity contribution is -0.153. The van der Waals surface area contributed by atoms with E-state index in [0.717, 1.165) is 11.8 Å².